The van der Waals surface area contributed by atoms with E-state index < -0.39 is 0 Å². The van der Waals surface area contributed by atoms with Gasteiger partial charge in [0.2, 0.25) is 0 Å². The lowest BCUT2D eigenvalue weighted by atomic mass is 10.0. The van der Waals surface area contributed by atoms with E-state index in [0.29, 0.717) is 5.76 Å². The van der Waals surface area contributed by atoms with Crippen molar-refractivity contribution < 1.29 is 14.3 Å². The molecule has 0 amide bonds. The second kappa shape index (κ2) is 10.1. The minimum atomic E-state index is -0.355. The third kappa shape index (κ3) is 5.82. The maximum Gasteiger partial charge on any atom is 0.308 e. The van der Waals surface area contributed by atoms with Gasteiger partial charge in [0.15, 0.2) is 0 Å². The quantitative estimate of drug-likeness (QED) is 0.408. The normalized spacial score (nSPS) is 11.0. The molecule has 0 bridgehead atoms. The van der Waals surface area contributed by atoms with Gasteiger partial charge in [-0.05, 0) is 49.2 Å². The number of benzene rings is 2. The summed E-state index contributed by atoms with van der Waals surface area (Å²) >= 11 is 0. The van der Waals surface area contributed by atoms with Crippen molar-refractivity contribution in [2.24, 2.45) is 0 Å². The Morgan fingerprint density at radius 2 is 1.73 bits per heavy atom. The van der Waals surface area contributed by atoms with Crippen molar-refractivity contribution in [1.82, 2.24) is 0 Å². The predicted octanol–water partition coefficient (Wildman–Crippen LogP) is 5.21. The number of hydrogen-bond donors (Lipinski definition) is 0. The number of rotatable bonds is 6. The Morgan fingerprint density at radius 3 is 2.31 bits per heavy atom. The number of unbranched alkanes of at least 4 members (excludes halogenated alkanes) is 1. The highest BCUT2D eigenvalue weighted by Gasteiger charge is 2.12. The Kier molecular flexibility index (Phi) is 7.51. The number of esters is 1. The van der Waals surface area contributed by atoms with Crippen LogP contribution in [0.15, 0.2) is 60.2 Å². The largest absolute Gasteiger partial charge is 0.497 e. The third-order valence-corrected chi connectivity index (χ3v) is 3.78. The summed E-state index contributed by atoms with van der Waals surface area (Å²) in [6.45, 7) is 3.53. The molecule has 2 aromatic rings. The van der Waals surface area contributed by atoms with Crippen LogP contribution in [0.2, 0.25) is 0 Å². The van der Waals surface area contributed by atoms with Crippen LogP contribution in [0.5, 0.6) is 5.75 Å². The van der Waals surface area contributed by atoms with Crippen molar-refractivity contribution in [1.29, 1.82) is 0 Å². The van der Waals surface area contributed by atoms with Crippen molar-refractivity contribution >= 4 is 11.7 Å². The molecule has 0 aliphatic rings. The molecule has 3 nitrogen and oxygen atoms in total. The van der Waals surface area contributed by atoms with Gasteiger partial charge in [-0.3, -0.25) is 4.79 Å². The Morgan fingerprint density at radius 1 is 1.04 bits per heavy atom. The third-order valence-electron chi connectivity index (χ3n) is 3.78. The fourth-order valence-corrected chi connectivity index (χ4v) is 2.44. The summed E-state index contributed by atoms with van der Waals surface area (Å²) in [4.78, 5) is 11.7. The van der Waals surface area contributed by atoms with Crippen molar-refractivity contribution in [3.05, 3.63) is 71.3 Å². The average Bonchev–Trinajstić information content (AvgIpc) is 2.67. The van der Waals surface area contributed by atoms with Gasteiger partial charge in [-0.1, -0.05) is 43.4 Å². The van der Waals surface area contributed by atoms with Crippen LogP contribution in [-0.4, -0.2) is 13.1 Å². The lowest BCUT2D eigenvalue weighted by Crippen LogP contribution is -2.02. The first-order valence-electron chi connectivity index (χ1n) is 8.77. The Bertz CT molecular complexity index is 806. The Labute approximate surface area is 155 Å². The summed E-state index contributed by atoms with van der Waals surface area (Å²) in [5.74, 6) is 7.32. The first kappa shape index (κ1) is 19.3. The predicted molar refractivity (Wildman–Crippen MR) is 105 cm³/mol. The second-order valence-corrected chi connectivity index (χ2v) is 5.85. The fourth-order valence-electron chi connectivity index (χ4n) is 2.44. The number of hydrogen-bond acceptors (Lipinski definition) is 3. The monoisotopic (exact) mass is 348 g/mol. The van der Waals surface area contributed by atoms with Crippen LogP contribution in [0.3, 0.4) is 0 Å². The molecule has 0 atom stereocenters. The molecule has 0 radical (unpaired) electrons. The summed E-state index contributed by atoms with van der Waals surface area (Å²) in [5, 5.41) is 0. The SMILES string of the molecule is CCCC/C(C#Cc1ccccc1)=C(\OC(C)=O)c1ccc(OC)cc1. The zero-order valence-electron chi connectivity index (χ0n) is 15.5. The molecule has 0 aliphatic heterocycles. The zero-order valence-corrected chi connectivity index (χ0v) is 15.5. The average molecular weight is 348 g/mol. The molecule has 26 heavy (non-hydrogen) atoms. The summed E-state index contributed by atoms with van der Waals surface area (Å²) < 4.78 is 10.8. The van der Waals surface area contributed by atoms with Crippen molar-refractivity contribution in [3.63, 3.8) is 0 Å². The lowest BCUT2D eigenvalue weighted by Gasteiger charge is -2.12. The molecule has 3 heteroatoms. The van der Waals surface area contributed by atoms with Gasteiger partial charge in [0, 0.05) is 23.6 Å². The lowest BCUT2D eigenvalue weighted by molar-refractivity contribution is -0.134. The van der Waals surface area contributed by atoms with Crippen LogP contribution in [0.25, 0.3) is 5.76 Å². The van der Waals surface area contributed by atoms with Gasteiger partial charge in [0.1, 0.15) is 11.5 Å². The van der Waals surface area contributed by atoms with Gasteiger partial charge in [-0.2, -0.15) is 0 Å². The van der Waals surface area contributed by atoms with Crippen LogP contribution in [0.1, 0.15) is 44.2 Å². The van der Waals surface area contributed by atoms with Gasteiger partial charge in [-0.25, -0.2) is 0 Å². The highest BCUT2D eigenvalue weighted by molar-refractivity contribution is 5.79. The minimum Gasteiger partial charge on any atom is -0.497 e. The number of methoxy groups -OCH3 is 1. The first-order valence-corrected chi connectivity index (χ1v) is 8.77. The molecule has 0 unspecified atom stereocenters. The van der Waals surface area contributed by atoms with Crippen LogP contribution in [0, 0.1) is 11.8 Å². The molecule has 0 saturated heterocycles. The van der Waals surface area contributed by atoms with E-state index in [4.69, 9.17) is 9.47 Å². The smallest absolute Gasteiger partial charge is 0.308 e. The van der Waals surface area contributed by atoms with E-state index in [9.17, 15) is 4.79 Å². The summed E-state index contributed by atoms with van der Waals surface area (Å²) in [6.07, 6.45) is 2.76. The molecular formula is C23H24O3. The molecule has 134 valence electrons. The zero-order chi connectivity index (χ0) is 18.8. The highest BCUT2D eigenvalue weighted by atomic mass is 16.5. The Balaban J connectivity index is 2.50. The molecule has 0 fully saturated rings. The molecule has 2 aromatic carbocycles. The number of carbonyl (C=O) groups is 1. The summed E-state index contributed by atoms with van der Waals surface area (Å²) in [5.41, 5.74) is 2.57. The molecule has 2 rings (SSSR count). The number of carbonyl (C=O) groups excluding carboxylic acids is 1. The first-order chi connectivity index (χ1) is 12.6. The topological polar surface area (TPSA) is 35.5 Å². The molecule has 0 saturated carbocycles. The number of allylic oxidation sites excluding steroid dienone is 1. The van der Waals surface area contributed by atoms with Gasteiger partial charge < -0.3 is 9.47 Å². The van der Waals surface area contributed by atoms with Gasteiger partial charge in [-0.15, -0.1) is 0 Å². The van der Waals surface area contributed by atoms with Gasteiger partial charge >= 0.3 is 5.97 Å². The maximum atomic E-state index is 11.7. The summed E-state index contributed by atoms with van der Waals surface area (Å²) in [6, 6.07) is 17.3. The van der Waals surface area contributed by atoms with E-state index >= 15 is 0 Å². The van der Waals surface area contributed by atoms with Crippen molar-refractivity contribution in [2.45, 2.75) is 33.1 Å². The van der Waals surface area contributed by atoms with Gasteiger partial charge in [0.25, 0.3) is 0 Å². The van der Waals surface area contributed by atoms with Crippen molar-refractivity contribution in [3.8, 4) is 17.6 Å². The van der Waals surface area contributed by atoms with Crippen molar-refractivity contribution in [2.75, 3.05) is 7.11 Å². The van der Waals surface area contributed by atoms with E-state index in [-0.39, 0.29) is 5.97 Å². The molecule has 0 aromatic heterocycles. The minimum absolute atomic E-state index is 0.355. The van der Waals surface area contributed by atoms with E-state index in [0.717, 1.165) is 41.7 Å². The molecule has 0 heterocycles. The van der Waals surface area contributed by atoms with Crippen LogP contribution >= 0.6 is 0 Å². The molecule has 0 aliphatic carbocycles. The number of ether oxygens (including phenoxy) is 2. The highest BCUT2D eigenvalue weighted by Crippen LogP contribution is 2.26. The second-order valence-electron chi connectivity index (χ2n) is 5.85. The van der Waals surface area contributed by atoms with Crippen LogP contribution in [0.4, 0.5) is 0 Å². The van der Waals surface area contributed by atoms with Gasteiger partial charge in [0.05, 0.1) is 7.11 Å². The Hall–Kier alpha value is -2.99. The summed E-state index contributed by atoms with van der Waals surface area (Å²) in [7, 11) is 1.62. The molecule has 0 N–H and O–H groups in total. The molecule has 0 spiro atoms. The standard InChI is InChI=1S/C23H24O3/c1-4-5-11-20(13-12-19-9-7-6-8-10-19)23(26-18(2)24)21-14-16-22(25-3)17-15-21/h6-10,14-17H,4-5,11H2,1-3H3/b23-20+. The van der Waals surface area contributed by atoms with Crippen LogP contribution < -0.4 is 4.74 Å². The fraction of sp³-hybridized carbons (Fsp3) is 0.261. The maximum absolute atomic E-state index is 11.7. The van der Waals surface area contributed by atoms with E-state index in [1.165, 1.54) is 6.92 Å². The van der Waals surface area contributed by atoms with Crippen LogP contribution in [-0.2, 0) is 9.53 Å². The van der Waals surface area contributed by atoms with E-state index in [1.807, 2.05) is 54.6 Å². The van der Waals surface area contributed by atoms with E-state index in [1.54, 1.807) is 7.11 Å². The van der Waals surface area contributed by atoms with E-state index in [2.05, 4.69) is 18.8 Å². The molecular weight excluding hydrogens is 324 g/mol.